The molecule has 34 heavy (non-hydrogen) atoms. The highest BCUT2D eigenvalue weighted by molar-refractivity contribution is 6.37. The minimum absolute atomic E-state index is 0.0114. The van der Waals surface area contributed by atoms with Crippen molar-refractivity contribution in [2.24, 2.45) is 17.8 Å². The summed E-state index contributed by atoms with van der Waals surface area (Å²) in [5.74, 6) is -3.89. The predicted molar refractivity (Wildman–Crippen MR) is 130 cm³/mol. The van der Waals surface area contributed by atoms with Crippen molar-refractivity contribution in [3.63, 3.8) is 0 Å². The lowest BCUT2D eigenvalue weighted by Gasteiger charge is -2.30. The van der Waals surface area contributed by atoms with Crippen molar-refractivity contribution in [1.29, 1.82) is 0 Å². The van der Waals surface area contributed by atoms with Crippen molar-refractivity contribution < 1.29 is 19.2 Å². The van der Waals surface area contributed by atoms with Gasteiger partial charge in [0.15, 0.2) is 5.78 Å². The molecule has 2 aromatic rings. The van der Waals surface area contributed by atoms with Crippen LogP contribution >= 0.6 is 46.4 Å². The highest BCUT2D eigenvalue weighted by atomic mass is 35.5. The molecule has 4 rings (SSSR count). The van der Waals surface area contributed by atoms with E-state index in [9.17, 15) is 19.2 Å². The molecule has 0 bridgehead atoms. The number of amides is 3. The van der Waals surface area contributed by atoms with E-state index in [2.05, 4.69) is 0 Å². The number of allylic oxidation sites excluding steroid dienone is 2. The lowest BCUT2D eigenvalue weighted by Crippen LogP contribution is -2.52. The number of carbonyl (C=O) groups excluding carboxylic acids is 4. The summed E-state index contributed by atoms with van der Waals surface area (Å²) in [6, 6.07) is 8.50. The van der Waals surface area contributed by atoms with Crippen LogP contribution < -0.4 is 0 Å². The first-order valence-corrected chi connectivity index (χ1v) is 11.9. The number of nitrogens with zero attached hydrogens (tertiary/aromatic N) is 2. The molecule has 3 atom stereocenters. The third-order valence-corrected chi connectivity index (χ3v) is 7.11. The molecule has 1 heterocycles. The van der Waals surface area contributed by atoms with E-state index in [0.29, 0.717) is 16.5 Å². The fourth-order valence-electron chi connectivity index (χ4n) is 4.34. The fourth-order valence-corrected chi connectivity index (χ4v) is 5.34. The van der Waals surface area contributed by atoms with Crippen molar-refractivity contribution in [1.82, 2.24) is 10.0 Å². The summed E-state index contributed by atoms with van der Waals surface area (Å²) in [6.07, 6.45) is 4.09. The van der Waals surface area contributed by atoms with Gasteiger partial charge in [-0.3, -0.25) is 19.2 Å². The van der Waals surface area contributed by atoms with Crippen LogP contribution in [0.4, 0.5) is 0 Å². The Morgan fingerprint density at radius 1 is 0.941 bits per heavy atom. The Morgan fingerprint density at radius 3 is 2.09 bits per heavy atom. The van der Waals surface area contributed by atoms with Gasteiger partial charge in [-0.05, 0) is 48.7 Å². The molecule has 3 amide bonds. The first-order chi connectivity index (χ1) is 16.1. The molecule has 0 spiro atoms. The van der Waals surface area contributed by atoms with Crippen LogP contribution in [0.1, 0.15) is 34.1 Å². The number of halogens is 4. The molecule has 10 heteroatoms. The van der Waals surface area contributed by atoms with Gasteiger partial charge in [-0.15, -0.1) is 0 Å². The van der Waals surface area contributed by atoms with E-state index in [1.807, 2.05) is 19.1 Å². The summed E-state index contributed by atoms with van der Waals surface area (Å²) in [5, 5.41) is 2.37. The molecule has 2 aliphatic rings. The van der Waals surface area contributed by atoms with Gasteiger partial charge in [0, 0.05) is 15.6 Å². The molecule has 0 N–H and O–H groups in total. The Hall–Kier alpha value is -2.38. The van der Waals surface area contributed by atoms with Gasteiger partial charge in [0.2, 0.25) is 0 Å². The third-order valence-electron chi connectivity index (χ3n) is 6.01. The van der Waals surface area contributed by atoms with Gasteiger partial charge in [0.05, 0.1) is 27.4 Å². The van der Waals surface area contributed by atoms with E-state index >= 15 is 0 Å². The molecule has 6 nitrogen and oxygen atoms in total. The number of hydrazine groups is 1. The van der Waals surface area contributed by atoms with Gasteiger partial charge in [-0.1, -0.05) is 65.5 Å². The van der Waals surface area contributed by atoms with Crippen molar-refractivity contribution in [3.8, 4) is 0 Å². The van der Waals surface area contributed by atoms with E-state index < -0.39 is 41.9 Å². The molecule has 0 aromatic heterocycles. The number of carbonyl (C=O) groups is 4. The molecule has 0 radical (unpaired) electrons. The number of rotatable bonds is 5. The highest BCUT2D eigenvalue weighted by Gasteiger charge is 2.53. The summed E-state index contributed by atoms with van der Waals surface area (Å²) >= 11 is 24.3. The standard InChI is InChI=1S/C24H18Cl4N2O4/c1-12-3-2-4-17-21(12)24(34)30(23(17)33)29(22(32)16-8-6-14(26)10-19(16)28)11-20(31)15-7-5-13(25)9-18(15)27/h2-3,5-10,12,17,21H,4,11H2,1H3/t12-,17-,21-/m1/s1. The minimum Gasteiger partial charge on any atom is -0.292 e. The SMILES string of the molecule is C[C@@H]1C=CC[C@H]2C(=O)N(N(CC(=O)c3ccc(Cl)cc3Cl)C(=O)c3ccc(Cl)cc3Cl)C(=O)[C@H]12. The maximum atomic E-state index is 13.6. The van der Waals surface area contributed by atoms with E-state index in [4.69, 9.17) is 46.4 Å². The van der Waals surface area contributed by atoms with Crippen LogP contribution in [0.3, 0.4) is 0 Å². The Labute approximate surface area is 216 Å². The fraction of sp³-hybridized carbons (Fsp3) is 0.250. The first kappa shape index (κ1) is 24.7. The number of imide groups is 1. The average molecular weight is 540 g/mol. The Morgan fingerprint density at radius 2 is 1.53 bits per heavy atom. The molecule has 1 aliphatic carbocycles. The topological polar surface area (TPSA) is 74.8 Å². The third kappa shape index (κ3) is 4.48. The summed E-state index contributed by atoms with van der Waals surface area (Å²) in [6.45, 7) is 1.22. The van der Waals surface area contributed by atoms with Gasteiger partial charge in [0.1, 0.15) is 6.54 Å². The number of benzene rings is 2. The number of Topliss-reactive ketones (excluding diaryl/α,β-unsaturated/α-hetero) is 1. The maximum absolute atomic E-state index is 13.6. The smallest absolute Gasteiger partial charge is 0.274 e. The quantitative estimate of drug-likeness (QED) is 0.276. The molecule has 1 aliphatic heterocycles. The number of fused-ring (bicyclic) bond motifs is 1. The summed E-state index contributed by atoms with van der Waals surface area (Å²) in [5.41, 5.74) is 0.0836. The average Bonchev–Trinajstić information content (AvgIpc) is 3.02. The second-order valence-electron chi connectivity index (χ2n) is 8.18. The van der Waals surface area contributed by atoms with Gasteiger partial charge >= 0.3 is 0 Å². The molecule has 2 aromatic carbocycles. The van der Waals surface area contributed by atoms with Gasteiger partial charge in [0.25, 0.3) is 17.7 Å². The lowest BCUT2D eigenvalue weighted by atomic mass is 9.78. The molecule has 176 valence electrons. The number of hydrogen-bond acceptors (Lipinski definition) is 4. The Balaban J connectivity index is 1.75. The minimum atomic E-state index is -0.791. The summed E-state index contributed by atoms with van der Waals surface area (Å²) < 4.78 is 0. The zero-order chi connectivity index (χ0) is 24.7. The molecule has 1 saturated heterocycles. The van der Waals surface area contributed by atoms with Crippen molar-refractivity contribution in [2.45, 2.75) is 13.3 Å². The largest absolute Gasteiger partial charge is 0.292 e. The van der Waals surface area contributed by atoms with Crippen LogP contribution in [0, 0.1) is 17.8 Å². The normalized spacial score (nSPS) is 21.6. The number of ketones is 1. The van der Waals surface area contributed by atoms with Gasteiger partial charge in [-0.25, -0.2) is 5.01 Å². The van der Waals surface area contributed by atoms with Crippen LogP contribution in [0.2, 0.25) is 20.1 Å². The van der Waals surface area contributed by atoms with Crippen LogP contribution in [0.25, 0.3) is 0 Å². The zero-order valence-electron chi connectivity index (χ0n) is 17.8. The molecule has 0 unspecified atom stereocenters. The van der Waals surface area contributed by atoms with E-state index in [1.165, 1.54) is 36.4 Å². The second-order valence-corrected chi connectivity index (χ2v) is 9.87. The van der Waals surface area contributed by atoms with Crippen LogP contribution in [0.15, 0.2) is 48.6 Å². The van der Waals surface area contributed by atoms with Crippen molar-refractivity contribution in [2.75, 3.05) is 6.54 Å². The monoisotopic (exact) mass is 538 g/mol. The van der Waals surface area contributed by atoms with Crippen LogP contribution in [-0.2, 0) is 9.59 Å². The first-order valence-electron chi connectivity index (χ1n) is 10.4. The van der Waals surface area contributed by atoms with Gasteiger partial charge in [-0.2, -0.15) is 5.01 Å². The molecular formula is C24H18Cl4N2O4. The van der Waals surface area contributed by atoms with Gasteiger partial charge < -0.3 is 0 Å². The van der Waals surface area contributed by atoms with E-state index in [-0.39, 0.29) is 27.1 Å². The van der Waals surface area contributed by atoms with Crippen LogP contribution in [0.5, 0.6) is 0 Å². The van der Waals surface area contributed by atoms with Crippen molar-refractivity contribution >= 4 is 69.9 Å². The zero-order valence-corrected chi connectivity index (χ0v) is 20.8. The number of hydrogen-bond donors (Lipinski definition) is 0. The predicted octanol–water partition coefficient (Wildman–Crippen LogP) is 5.74. The summed E-state index contributed by atoms with van der Waals surface area (Å²) in [7, 11) is 0. The second kappa shape index (κ2) is 9.70. The van der Waals surface area contributed by atoms with Crippen LogP contribution in [-0.4, -0.2) is 40.1 Å². The maximum Gasteiger partial charge on any atom is 0.274 e. The molecule has 0 saturated carbocycles. The van der Waals surface area contributed by atoms with E-state index in [1.54, 1.807) is 0 Å². The summed E-state index contributed by atoms with van der Waals surface area (Å²) in [4.78, 5) is 53.4. The lowest BCUT2D eigenvalue weighted by molar-refractivity contribution is -0.154. The molecule has 1 fully saturated rings. The molecular weight excluding hydrogens is 522 g/mol. The Kier molecular flexibility index (Phi) is 7.06. The van der Waals surface area contributed by atoms with E-state index in [0.717, 1.165) is 10.0 Å². The Bertz CT molecular complexity index is 1250. The highest BCUT2D eigenvalue weighted by Crippen LogP contribution is 2.39. The van der Waals surface area contributed by atoms with Crippen molar-refractivity contribution in [3.05, 3.63) is 79.8 Å².